The van der Waals surface area contributed by atoms with Crippen LogP contribution in [0.4, 0.5) is 33.6 Å². The van der Waals surface area contributed by atoms with Crippen LogP contribution in [0.3, 0.4) is 0 Å². The maximum Gasteiger partial charge on any atom is 0.417 e. The summed E-state index contributed by atoms with van der Waals surface area (Å²) >= 11 is 6.80. The molecular weight excluding hydrogens is 1150 g/mol. The molecular formula is C63H70ClF5N14O4. The van der Waals surface area contributed by atoms with Gasteiger partial charge in [0, 0.05) is 146 Å². The highest BCUT2D eigenvalue weighted by molar-refractivity contribution is 6.35. The lowest BCUT2D eigenvalue weighted by Crippen LogP contribution is -2.51. The maximum absolute atomic E-state index is 16.6. The summed E-state index contributed by atoms with van der Waals surface area (Å²) in [6.07, 6.45) is -0.906. The second-order valence-electron chi connectivity index (χ2n) is 24.2. The molecule has 4 N–H and O–H groups in total. The van der Waals surface area contributed by atoms with Crippen molar-refractivity contribution < 1.29 is 41.6 Å². The number of aromatic nitrogens is 6. The van der Waals surface area contributed by atoms with E-state index >= 15 is 8.78 Å². The minimum Gasteiger partial charge on any atom is -0.507 e. The summed E-state index contributed by atoms with van der Waals surface area (Å²) in [6, 6.07) is 13.4. The third kappa shape index (κ3) is 11.1. The summed E-state index contributed by atoms with van der Waals surface area (Å²) < 4.78 is 91.3. The van der Waals surface area contributed by atoms with Gasteiger partial charge in [0.25, 0.3) is 0 Å². The lowest BCUT2D eigenvalue weighted by molar-refractivity contribution is -0.137. The van der Waals surface area contributed by atoms with Crippen LogP contribution in [0.1, 0.15) is 67.6 Å². The van der Waals surface area contributed by atoms with Gasteiger partial charge >= 0.3 is 18.2 Å². The number of methoxy groups -OCH3 is 2. The Labute approximate surface area is 505 Å². The van der Waals surface area contributed by atoms with Crippen molar-refractivity contribution in [2.45, 2.75) is 83.7 Å². The summed E-state index contributed by atoms with van der Waals surface area (Å²) in [4.78, 5) is 26.1. The highest BCUT2D eigenvalue weighted by Crippen LogP contribution is 2.50. The lowest BCUT2D eigenvalue weighted by atomic mass is 9.92. The van der Waals surface area contributed by atoms with Gasteiger partial charge in [0.2, 0.25) is 0 Å². The predicted molar refractivity (Wildman–Crippen MR) is 326 cm³/mol. The first-order chi connectivity index (χ1) is 41.4. The van der Waals surface area contributed by atoms with Gasteiger partial charge in [-0.05, 0) is 102 Å². The minimum atomic E-state index is -4.96. The van der Waals surface area contributed by atoms with Gasteiger partial charge in [0.05, 0.1) is 35.8 Å². The molecule has 87 heavy (non-hydrogen) atoms. The Morgan fingerprint density at radius 1 is 0.586 bits per heavy atom. The van der Waals surface area contributed by atoms with Crippen LogP contribution in [-0.2, 0) is 20.3 Å². The topological polar surface area (TPSA) is 205 Å². The molecule has 0 aliphatic carbocycles. The third-order valence-electron chi connectivity index (χ3n) is 17.9. The number of anilines is 2. The van der Waals surface area contributed by atoms with Gasteiger partial charge in [0.15, 0.2) is 11.6 Å². The Kier molecular flexibility index (Phi) is 16.6. The van der Waals surface area contributed by atoms with E-state index in [1.165, 1.54) is 58.6 Å². The Hall–Kier alpha value is -7.80. The second-order valence-corrected chi connectivity index (χ2v) is 24.6. The first kappa shape index (κ1) is 60.9. The maximum atomic E-state index is 16.6. The van der Waals surface area contributed by atoms with E-state index in [-0.39, 0.29) is 90.4 Å². The first-order valence-corrected chi connectivity index (χ1v) is 29.5. The van der Waals surface area contributed by atoms with E-state index in [9.17, 15) is 33.9 Å². The van der Waals surface area contributed by atoms with Gasteiger partial charge < -0.3 is 59.1 Å². The minimum absolute atomic E-state index is 0.0289. The standard InChI is InChI=1S/C27H24F4N6O2.C26H24ClFN6O2.2C5H11N/c1-12-20(21-16(9-32)19(38)7-6-18(21)36(12)2)22-17(27(29,30)31)8-15-24(23(22)28)34-26(39-3)35-25(15)37-10-13-4-5-14(11-37)33-13;1-12-20(21-16(9-29)19(35)7-6-18(21)33(12)2)22-17(27)8-15-24(23(22)28)31-26(36-3)32-25(15)34-10-13-4-5-14(11-34)30-13;2*1-5-3-6(2)4-5/h6-8,13-14,33,38H,4-5,10-11H2,1-3H3;6-8,13-14,30,35H,4-5,10-11H2,1-3H3;2*5H,3-4H2,1-2H3/t;13-,14?;;/m.0../s1. The van der Waals surface area contributed by atoms with Crippen molar-refractivity contribution in [1.29, 1.82) is 10.5 Å². The van der Waals surface area contributed by atoms with Gasteiger partial charge in [-0.1, -0.05) is 25.4 Å². The molecule has 4 atom stereocenters. The van der Waals surface area contributed by atoms with Crippen molar-refractivity contribution in [2.75, 3.05) is 90.5 Å². The van der Waals surface area contributed by atoms with Gasteiger partial charge in [-0.15, -0.1) is 0 Å². The van der Waals surface area contributed by atoms with E-state index in [1.807, 2.05) is 29.5 Å². The van der Waals surface area contributed by atoms with Crippen molar-refractivity contribution in [2.24, 2.45) is 25.9 Å². The predicted octanol–water partition coefficient (Wildman–Crippen LogP) is 10.3. The number of likely N-dealkylation sites (tertiary alicyclic amines) is 2. The molecule has 10 heterocycles. The van der Waals surface area contributed by atoms with Crippen LogP contribution in [0, 0.1) is 60.0 Å². The number of halogens is 6. The monoisotopic (exact) mass is 1220 g/mol. The molecule has 4 aromatic heterocycles. The molecule has 0 spiro atoms. The summed E-state index contributed by atoms with van der Waals surface area (Å²) in [5, 5.41) is 48.4. The number of phenols is 2. The van der Waals surface area contributed by atoms with Gasteiger partial charge in [0.1, 0.15) is 57.4 Å². The van der Waals surface area contributed by atoms with Crippen molar-refractivity contribution in [3.63, 3.8) is 0 Å². The molecule has 3 unspecified atom stereocenters. The number of nitrogens with one attached hydrogen (secondary N) is 2. The molecule has 0 radical (unpaired) electrons. The number of ether oxygens (including phenoxy) is 2. The van der Waals surface area contributed by atoms with E-state index < -0.39 is 34.7 Å². The molecule has 6 saturated heterocycles. The number of hydrogen-bond acceptors (Lipinski definition) is 16. The SMILES string of the molecule is CC1CN(C)C1.CC1CN(C)C1.COc1nc(N2CC3CCC(C2)N3)c2cc(C(F)(F)F)c(-c3c(C)n(C)c4ccc(O)c(C#N)c34)c(F)c2n1.COc1nc(N2CC3CC[C@@H](C2)N3)c2cc(Cl)c(-c3c(C)n(C)c4ccc(O)c(C#N)c34)c(F)c2n1. The number of nitriles is 2. The summed E-state index contributed by atoms with van der Waals surface area (Å²) in [5.41, 5.74) is 0.134. The highest BCUT2D eigenvalue weighted by Gasteiger charge is 2.41. The fraction of sp³-hybridized carbons (Fsp3) is 0.460. The average Bonchev–Trinajstić information content (AvgIpc) is 2.07. The average molecular weight is 1220 g/mol. The van der Waals surface area contributed by atoms with Crippen LogP contribution < -0.4 is 29.9 Å². The molecule has 14 rings (SSSR count). The molecule has 8 aromatic rings. The summed E-state index contributed by atoms with van der Waals surface area (Å²) in [7, 11) is 10.5. The molecule has 0 saturated carbocycles. The second kappa shape index (κ2) is 23.7. The molecule has 18 nitrogen and oxygen atoms in total. The number of piperazine rings is 2. The Morgan fingerprint density at radius 2 is 0.966 bits per heavy atom. The Morgan fingerprint density at radius 3 is 1.31 bits per heavy atom. The molecule has 0 amide bonds. The van der Waals surface area contributed by atoms with Crippen molar-refractivity contribution in [1.82, 2.24) is 49.5 Å². The lowest BCUT2D eigenvalue weighted by Gasteiger charge is -2.34. The number of phenolic OH excluding ortho intramolecular Hbond substituents is 2. The van der Waals surface area contributed by atoms with E-state index in [0.717, 1.165) is 56.7 Å². The number of aromatic hydroxyl groups is 2. The zero-order valence-electron chi connectivity index (χ0n) is 50.3. The number of hydrogen-bond donors (Lipinski definition) is 4. The Bertz CT molecular complexity index is 4060. The fourth-order valence-electron chi connectivity index (χ4n) is 13.8. The van der Waals surface area contributed by atoms with Crippen LogP contribution >= 0.6 is 11.6 Å². The zero-order chi connectivity index (χ0) is 62.2. The van der Waals surface area contributed by atoms with Gasteiger partial charge in [-0.25, -0.2) is 8.78 Å². The molecule has 24 heteroatoms. The number of nitrogens with zero attached hydrogens (tertiary/aromatic N) is 12. The number of alkyl halides is 3. The van der Waals surface area contributed by atoms with E-state index in [1.54, 1.807) is 30.7 Å². The molecule has 4 aromatic carbocycles. The first-order valence-electron chi connectivity index (χ1n) is 29.1. The summed E-state index contributed by atoms with van der Waals surface area (Å²) in [5.74, 6) is 0.289. The summed E-state index contributed by atoms with van der Waals surface area (Å²) in [6.45, 7) is 15.7. The Balaban J connectivity index is 0.000000151. The third-order valence-corrected chi connectivity index (χ3v) is 18.2. The van der Waals surface area contributed by atoms with Gasteiger partial charge in [-0.3, -0.25) is 0 Å². The number of rotatable bonds is 6. The number of aryl methyl sites for hydroxylation is 2. The van der Waals surface area contributed by atoms with Crippen molar-refractivity contribution in [3.8, 4) is 57.9 Å². The largest absolute Gasteiger partial charge is 0.507 e. The fourth-order valence-corrected chi connectivity index (χ4v) is 14.1. The molecule has 6 aliphatic rings. The van der Waals surface area contributed by atoms with Crippen LogP contribution in [-0.4, -0.2) is 154 Å². The zero-order valence-corrected chi connectivity index (χ0v) is 51.0. The van der Waals surface area contributed by atoms with E-state index in [4.69, 9.17) is 21.1 Å². The van der Waals surface area contributed by atoms with Crippen LogP contribution in [0.5, 0.6) is 23.5 Å². The molecule has 458 valence electrons. The normalized spacial score (nSPS) is 20.3. The number of benzene rings is 4. The van der Waals surface area contributed by atoms with Crippen LogP contribution in [0.2, 0.25) is 5.02 Å². The molecule has 6 aliphatic heterocycles. The number of fused-ring (bicyclic) bond motifs is 8. The van der Waals surface area contributed by atoms with Crippen LogP contribution in [0.15, 0.2) is 36.4 Å². The molecule has 4 bridgehead atoms. The van der Waals surface area contributed by atoms with Crippen molar-refractivity contribution >= 4 is 66.8 Å². The van der Waals surface area contributed by atoms with E-state index in [0.29, 0.717) is 64.1 Å². The molecule has 6 fully saturated rings. The van der Waals surface area contributed by atoms with E-state index in [2.05, 4.69) is 79.3 Å². The smallest absolute Gasteiger partial charge is 0.417 e. The quantitative estimate of drug-likeness (QED) is 0.114. The van der Waals surface area contributed by atoms with Gasteiger partial charge in [-0.2, -0.15) is 43.6 Å². The van der Waals surface area contributed by atoms with Crippen molar-refractivity contribution in [3.05, 3.63) is 81.1 Å². The highest BCUT2D eigenvalue weighted by atomic mass is 35.5. The van der Waals surface area contributed by atoms with Crippen LogP contribution in [0.25, 0.3) is 65.9 Å².